The molecule has 0 unspecified atom stereocenters. The highest BCUT2D eigenvalue weighted by Crippen LogP contribution is 2.35. The number of benzene rings is 1. The number of aliphatic hydroxyl groups is 1. The SMILES string of the molecule is CSN1CC(Nc2nc(Nc3cccc(C(F)F)c3)c(C=N)c(N3CC(CC(C)(C)O)C3)n2)C1. The Labute approximate surface area is 202 Å². The van der Waals surface area contributed by atoms with Crippen LogP contribution in [0.25, 0.3) is 0 Å². The topological polar surface area (TPSA) is 100 Å². The zero-order valence-corrected chi connectivity index (χ0v) is 20.4. The molecule has 1 aromatic heterocycles. The number of nitrogens with zero attached hydrogens (tertiary/aromatic N) is 4. The molecule has 4 N–H and O–H groups in total. The molecule has 3 heterocycles. The van der Waals surface area contributed by atoms with Crippen LogP contribution in [0.4, 0.5) is 32.1 Å². The maximum atomic E-state index is 13.2. The Balaban J connectivity index is 1.61. The predicted octanol–water partition coefficient (Wildman–Crippen LogP) is 4.13. The molecule has 0 spiro atoms. The summed E-state index contributed by atoms with van der Waals surface area (Å²) in [5, 5.41) is 24.7. The van der Waals surface area contributed by atoms with Gasteiger partial charge in [-0.25, -0.2) is 13.1 Å². The molecule has 0 atom stereocenters. The smallest absolute Gasteiger partial charge is 0.263 e. The molecule has 184 valence electrons. The Morgan fingerprint density at radius 1 is 1.26 bits per heavy atom. The molecule has 1 aromatic carbocycles. The largest absolute Gasteiger partial charge is 0.390 e. The fourth-order valence-electron chi connectivity index (χ4n) is 4.32. The minimum atomic E-state index is -2.58. The number of rotatable bonds is 10. The first-order chi connectivity index (χ1) is 16.1. The van der Waals surface area contributed by atoms with Crippen molar-refractivity contribution < 1.29 is 13.9 Å². The second kappa shape index (κ2) is 10.0. The molecule has 2 fully saturated rings. The number of nitrogens with one attached hydrogen (secondary N) is 3. The van der Waals surface area contributed by atoms with Gasteiger partial charge in [0.25, 0.3) is 6.43 Å². The third kappa shape index (κ3) is 5.76. The number of halogens is 2. The molecule has 4 rings (SSSR count). The standard InChI is InChI=1S/C23H31F2N7OS/c1-23(2,33)8-14-10-31(11-14)21-18(9-26)20(27-16-6-4-5-15(7-16)19(24)25)29-22(30-21)28-17-12-32(13-17)34-3/h4-7,9,14,17,19,26,33H,8,10-13H2,1-3H3,(H2,27,28,29,30). The Hall–Kier alpha value is -2.50. The summed E-state index contributed by atoms with van der Waals surface area (Å²) in [5.41, 5.74) is 0.138. The number of alkyl halides is 2. The summed E-state index contributed by atoms with van der Waals surface area (Å²) >= 11 is 1.69. The summed E-state index contributed by atoms with van der Waals surface area (Å²) < 4.78 is 28.6. The summed E-state index contributed by atoms with van der Waals surface area (Å²) in [5.74, 6) is 1.77. The van der Waals surface area contributed by atoms with Crippen LogP contribution in [0.2, 0.25) is 0 Å². The molecule has 2 aromatic rings. The van der Waals surface area contributed by atoms with Crippen molar-refractivity contribution in [2.24, 2.45) is 5.92 Å². The normalized spacial score (nSPS) is 17.4. The van der Waals surface area contributed by atoms with E-state index >= 15 is 0 Å². The Morgan fingerprint density at radius 2 is 2.00 bits per heavy atom. The molecule has 0 amide bonds. The lowest BCUT2D eigenvalue weighted by Gasteiger charge is -2.43. The molecular weight excluding hydrogens is 460 g/mol. The minimum Gasteiger partial charge on any atom is -0.390 e. The van der Waals surface area contributed by atoms with Crippen molar-refractivity contribution in [1.29, 1.82) is 5.41 Å². The van der Waals surface area contributed by atoms with Gasteiger partial charge in [-0.15, -0.1) is 0 Å². The van der Waals surface area contributed by atoms with Crippen LogP contribution in [0.5, 0.6) is 0 Å². The summed E-state index contributed by atoms with van der Waals surface area (Å²) in [6.45, 7) is 6.76. The van der Waals surface area contributed by atoms with Gasteiger partial charge in [-0.1, -0.05) is 24.1 Å². The fraction of sp³-hybridized carbons (Fsp3) is 0.522. The van der Waals surface area contributed by atoms with Crippen LogP contribution in [0.3, 0.4) is 0 Å². The molecule has 11 heteroatoms. The number of anilines is 4. The zero-order chi connectivity index (χ0) is 24.5. The van der Waals surface area contributed by atoms with Crippen molar-refractivity contribution >= 4 is 41.4 Å². The van der Waals surface area contributed by atoms with E-state index in [0.717, 1.165) is 13.1 Å². The molecule has 2 aliphatic heterocycles. The molecular formula is C23H31F2N7OS. The first kappa shape index (κ1) is 24.6. The van der Waals surface area contributed by atoms with Gasteiger partial charge in [-0.2, -0.15) is 9.97 Å². The minimum absolute atomic E-state index is 0.0853. The Morgan fingerprint density at radius 3 is 2.62 bits per heavy atom. The maximum Gasteiger partial charge on any atom is 0.263 e. The Kier molecular flexibility index (Phi) is 7.25. The third-order valence-corrected chi connectivity index (χ3v) is 6.77. The summed E-state index contributed by atoms with van der Waals surface area (Å²) in [7, 11) is 0. The van der Waals surface area contributed by atoms with E-state index in [9.17, 15) is 13.9 Å². The highest BCUT2D eigenvalue weighted by molar-refractivity contribution is 7.96. The lowest BCUT2D eigenvalue weighted by Crippen LogP contribution is -2.51. The summed E-state index contributed by atoms with van der Waals surface area (Å²) in [6.07, 6.45) is 1.33. The molecule has 0 saturated carbocycles. The van der Waals surface area contributed by atoms with E-state index in [0.29, 0.717) is 54.3 Å². The number of hydrogen-bond donors (Lipinski definition) is 4. The quantitative estimate of drug-likeness (QED) is 0.291. The highest BCUT2D eigenvalue weighted by atomic mass is 32.2. The van der Waals surface area contributed by atoms with Gasteiger partial charge in [0.2, 0.25) is 5.95 Å². The average molecular weight is 492 g/mol. The van der Waals surface area contributed by atoms with Crippen molar-refractivity contribution in [2.75, 3.05) is 48.0 Å². The second-order valence-electron chi connectivity index (χ2n) is 9.49. The lowest BCUT2D eigenvalue weighted by atomic mass is 9.87. The van der Waals surface area contributed by atoms with E-state index in [1.54, 1.807) is 37.9 Å². The van der Waals surface area contributed by atoms with Gasteiger partial charge in [0.1, 0.15) is 11.6 Å². The van der Waals surface area contributed by atoms with E-state index < -0.39 is 12.0 Å². The van der Waals surface area contributed by atoms with Gasteiger partial charge >= 0.3 is 0 Å². The van der Waals surface area contributed by atoms with E-state index in [1.165, 1.54) is 18.3 Å². The van der Waals surface area contributed by atoms with Crippen molar-refractivity contribution in [1.82, 2.24) is 14.3 Å². The van der Waals surface area contributed by atoms with Gasteiger partial charge < -0.3 is 26.0 Å². The third-order valence-electron chi connectivity index (χ3n) is 5.96. The number of hydrogen-bond acceptors (Lipinski definition) is 9. The van der Waals surface area contributed by atoms with Gasteiger partial charge in [0.05, 0.1) is 17.2 Å². The van der Waals surface area contributed by atoms with Crippen molar-refractivity contribution in [3.63, 3.8) is 0 Å². The van der Waals surface area contributed by atoms with Crippen LogP contribution in [-0.4, -0.2) is 69.7 Å². The summed E-state index contributed by atoms with van der Waals surface area (Å²) in [6, 6.07) is 6.23. The summed E-state index contributed by atoms with van der Waals surface area (Å²) in [4.78, 5) is 11.4. The van der Waals surface area contributed by atoms with E-state index in [-0.39, 0.29) is 11.6 Å². The van der Waals surface area contributed by atoms with Gasteiger partial charge in [-0.05, 0) is 44.6 Å². The van der Waals surface area contributed by atoms with Gasteiger partial charge in [-0.3, -0.25) is 0 Å². The first-order valence-corrected chi connectivity index (χ1v) is 12.4. The van der Waals surface area contributed by atoms with Gasteiger partial charge in [0.15, 0.2) is 0 Å². The molecule has 0 bridgehead atoms. The van der Waals surface area contributed by atoms with Gasteiger partial charge in [0, 0.05) is 43.6 Å². The van der Waals surface area contributed by atoms with Crippen LogP contribution in [0.1, 0.15) is 37.8 Å². The zero-order valence-electron chi connectivity index (χ0n) is 19.6. The average Bonchev–Trinajstić information content (AvgIpc) is 2.72. The number of aromatic nitrogens is 2. The fourth-order valence-corrected chi connectivity index (χ4v) is 4.98. The highest BCUT2D eigenvalue weighted by Gasteiger charge is 2.34. The Bertz CT molecular complexity index is 1020. The molecule has 2 aliphatic rings. The van der Waals surface area contributed by atoms with Crippen LogP contribution >= 0.6 is 11.9 Å². The predicted molar refractivity (Wildman–Crippen MR) is 134 cm³/mol. The first-order valence-electron chi connectivity index (χ1n) is 11.3. The lowest BCUT2D eigenvalue weighted by molar-refractivity contribution is 0.0474. The monoisotopic (exact) mass is 491 g/mol. The van der Waals surface area contributed by atoms with E-state index in [2.05, 4.69) is 24.8 Å². The van der Waals surface area contributed by atoms with Crippen LogP contribution in [0, 0.1) is 11.3 Å². The molecule has 2 saturated heterocycles. The van der Waals surface area contributed by atoms with Crippen LogP contribution in [0.15, 0.2) is 24.3 Å². The molecule has 34 heavy (non-hydrogen) atoms. The molecule has 8 nitrogen and oxygen atoms in total. The van der Waals surface area contributed by atoms with Crippen LogP contribution < -0.4 is 15.5 Å². The van der Waals surface area contributed by atoms with Crippen molar-refractivity contribution in [3.8, 4) is 0 Å². The maximum absolute atomic E-state index is 13.2. The van der Waals surface area contributed by atoms with Crippen molar-refractivity contribution in [2.45, 2.75) is 38.3 Å². The second-order valence-corrected chi connectivity index (χ2v) is 10.4. The van der Waals surface area contributed by atoms with Crippen molar-refractivity contribution in [3.05, 3.63) is 35.4 Å². The molecule has 0 radical (unpaired) electrons. The van der Waals surface area contributed by atoms with E-state index in [1.807, 2.05) is 6.26 Å². The van der Waals surface area contributed by atoms with Crippen LogP contribution in [-0.2, 0) is 0 Å². The van der Waals surface area contributed by atoms with E-state index in [4.69, 9.17) is 10.4 Å². The molecule has 0 aliphatic carbocycles.